The second kappa shape index (κ2) is 14.9. The summed E-state index contributed by atoms with van der Waals surface area (Å²) in [6, 6.07) is 22.3. The zero-order valence-corrected chi connectivity index (χ0v) is 25.1. The normalized spacial score (nSPS) is 11.2. The minimum atomic E-state index is 0.725. The maximum absolute atomic E-state index is 6.27. The lowest BCUT2D eigenvalue weighted by Crippen LogP contribution is -2.25. The van der Waals surface area contributed by atoms with Gasteiger partial charge in [-0.3, -0.25) is 0 Å². The van der Waals surface area contributed by atoms with Crippen LogP contribution in [-0.2, 0) is 12.8 Å². The Morgan fingerprint density at radius 2 is 1.52 bits per heavy atom. The molecule has 0 fully saturated rings. The highest BCUT2D eigenvalue weighted by Gasteiger charge is 2.12. The molecule has 1 aromatic heterocycles. The van der Waals surface area contributed by atoms with Gasteiger partial charge in [-0.15, -0.1) is 0 Å². The van der Waals surface area contributed by atoms with Crippen molar-refractivity contribution in [1.82, 2.24) is 14.5 Å². The van der Waals surface area contributed by atoms with Gasteiger partial charge in [0.15, 0.2) is 0 Å². The molecule has 0 N–H and O–H groups in total. The molecule has 5 nitrogen and oxygen atoms in total. The molecule has 0 unspecified atom stereocenters. The van der Waals surface area contributed by atoms with Crippen molar-refractivity contribution in [1.29, 1.82) is 0 Å². The molecule has 6 heteroatoms. The van der Waals surface area contributed by atoms with E-state index in [0.717, 1.165) is 109 Å². The minimum Gasteiger partial charge on any atom is -0.494 e. The van der Waals surface area contributed by atoms with Gasteiger partial charge in [-0.1, -0.05) is 45.7 Å². The van der Waals surface area contributed by atoms with Crippen molar-refractivity contribution in [3.63, 3.8) is 0 Å². The van der Waals surface area contributed by atoms with Crippen molar-refractivity contribution in [3.05, 3.63) is 89.3 Å². The summed E-state index contributed by atoms with van der Waals surface area (Å²) in [5.41, 5.74) is 4.20. The molecule has 0 saturated heterocycles. The van der Waals surface area contributed by atoms with Crippen LogP contribution in [0.2, 0.25) is 5.02 Å². The van der Waals surface area contributed by atoms with E-state index in [4.69, 9.17) is 26.1 Å². The molecule has 4 rings (SSSR count). The first-order valence-electron chi connectivity index (χ1n) is 14.6. The molecule has 0 aliphatic heterocycles. The van der Waals surface area contributed by atoms with Crippen LogP contribution in [0.1, 0.15) is 58.3 Å². The number of halogens is 1. The second-order valence-corrected chi connectivity index (χ2v) is 10.4. The molecule has 3 aromatic carbocycles. The third-order valence-electron chi connectivity index (χ3n) is 7.21. The number of benzene rings is 3. The fourth-order valence-electron chi connectivity index (χ4n) is 4.73. The van der Waals surface area contributed by atoms with E-state index in [-0.39, 0.29) is 0 Å². The topological polar surface area (TPSA) is 39.5 Å². The Bertz CT molecular complexity index is 1330. The number of rotatable bonds is 15. The summed E-state index contributed by atoms with van der Waals surface area (Å²) in [5, 5.41) is 0.772. The number of unbranched alkanes of at least 4 members (excludes halogenated alkanes) is 1. The van der Waals surface area contributed by atoms with E-state index in [1.54, 1.807) is 0 Å². The Morgan fingerprint density at radius 1 is 0.825 bits per heavy atom. The number of ether oxygens (including phenoxy) is 2. The number of aromatic nitrogens is 2. The lowest BCUT2D eigenvalue weighted by Gasteiger charge is -2.17. The van der Waals surface area contributed by atoms with Crippen molar-refractivity contribution in [2.24, 2.45) is 0 Å². The van der Waals surface area contributed by atoms with Crippen LogP contribution in [0.5, 0.6) is 17.2 Å². The molecule has 212 valence electrons. The lowest BCUT2D eigenvalue weighted by atomic mass is 10.1. The Kier molecular flexibility index (Phi) is 11.1. The highest BCUT2D eigenvalue weighted by atomic mass is 35.5. The molecule has 0 aliphatic carbocycles. The summed E-state index contributed by atoms with van der Waals surface area (Å²) >= 11 is 6.27. The molecule has 0 spiro atoms. The number of nitrogens with zero attached hydrogens (tertiary/aromatic N) is 3. The van der Waals surface area contributed by atoms with Crippen molar-refractivity contribution < 1.29 is 9.47 Å². The van der Waals surface area contributed by atoms with Crippen molar-refractivity contribution in [2.75, 3.05) is 26.2 Å². The third kappa shape index (κ3) is 7.89. The fraction of sp³-hybridized carbons (Fsp3) is 0.382. The smallest absolute Gasteiger partial charge is 0.127 e. The molecule has 4 aromatic rings. The van der Waals surface area contributed by atoms with Crippen LogP contribution in [0.3, 0.4) is 0 Å². The Hall–Kier alpha value is -3.28. The van der Waals surface area contributed by atoms with Crippen LogP contribution in [0.15, 0.2) is 72.9 Å². The molecular formula is C34H42ClN3O2. The standard InChI is InChI=1S/C34H42ClN3O2/c1-5-9-11-34-36-33(27-12-16-29(17-13-27)39-23-10-22-37(7-3)8-4)25-38(34)28-14-18-30(19-15-28)40-31-20-21-32(35)26(6-2)24-31/h12-21,24-25H,5-11,22-23H2,1-4H3. The highest BCUT2D eigenvalue weighted by Crippen LogP contribution is 2.29. The monoisotopic (exact) mass is 559 g/mol. The van der Waals surface area contributed by atoms with Gasteiger partial charge < -0.3 is 18.9 Å². The molecule has 0 radical (unpaired) electrons. The molecule has 0 saturated carbocycles. The van der Waals surface area contributed by atoms with Gasteiger partial charge in [0.1, 0.15) is 23.1 Å². The van der Waals surface area contributed by atoms with Gasteiger partial charge in [0.2, 0.25) is 0 Å². The van der Waals surface area contributed by atoms with Crippen molar-refractivity contribution in [2.45, 2.75) is 59.8 Å². The first kappa shape index (κ1) is 29.7. The molecule has 1 heterocycles. The van der Waals surface area contributed by atoms with E-state index < -0.39 is 0 Å². The van der Waals surface area contributed by atoms with Gasteiger partial charge in [-0.25, -0.2) is 4.98 Å². The number of hydrogen-bond acceptors (Lipinski definition) is 4. The summed E-state index contributed by atoms with van der Waals surface area (Å²) in [5.74, 6) is 3.54. The van der Waals surface area contributed by atoms with Crippen LogP contribution in [0.25, 0.3) is 16.9 Å². The molecule has 0 aliphatic rings. The predicted molar refractivity (Wildman–Crippen MR) is 166 cm³/mol. The third-order valence-corrected chi connectivity index (χ3v) is 7.58. The fourth-order valence-corrected chi connectivity index (χ4v) is 4.98. The SMILES string of the molecule is CCCCc1nc(-c2ccc(OCCCN(CC)CC)cc2)cn1-c1ccc(Oc2ccc(Cl)c(CC)c2)cc1. The van der Waals surface area contributed by atoms with Gasteiger partial charge >= 0.3 is 0 Å². The average molecular weight is 560 g/mol. The van der Waals surface area contributed by atoms with Crippen LogP contribution < -0.4 is 9.47 Å². The summed E-state index contributed by atoms with van der Waals surface area (Å²) in [6.45, 7) is 12.7. The second-order valence-electron chi connectivity index (χ2n) is 9.97. The zero-order valence-electron chi connectivity index (χ0n) is 24.3. The number of aryl methyl sites for hydroxylation is 2. The van der Waals surface area contributed by atoms with E-state index in [2.05, 4.69) is 67.6 Å². The maximum Gasteiger partial charge on any atom is 0.127 e. The maximum atomic E-state index is 6.27. The minimum absolute atomic E-state index is 0.725. The summed E-state index contributed by atoms with van der Waals surface area (Å²) in [4.78, 5) is 7.45. The summed E-state index contributed by atoms with van der Waals surface area (Å²) < 4.78 is 14.3. The zero-order chi connectivity index (χ0) is 28.3. The van der Waals surface area contributed by atoms with E-state index in [1.807, 2.05) is 42.5 Å². The van der Waals surface area contributed by atoms with E-state index >= 15 is 0 Å². The van der Waals surface area contributed by atoms with Crippen LogP contribution >= 0.6 is 11.6 Å². The van der Waals surface area contributed by atoms with Crippen LogP contribution in [0.4, 0.5) is 0 Å². The Balaban J connectivity index is 1.46. The average Bonchev–Trinajstić information content (AvgIpc) is 3.42. The largest absolute Gasteiger partial charge is 0.494 e. The summed E-state index contributed by atoms with van der Waals surface area (Å²) in [6.07, 6.45) is 7.16. The number of hydrogen-bond donors (Lipinski definition) is 0. The highest BCUT2D eigenvalue weighted by molar-refractivity contribution is 6.31. The van der Waals surface area contributed by atoms with Crippen LogP contribution in [0, 0.1) is 0 Å². The van der Waals surface area contributed by atoms with Crippen LogP contribution in [-0.4, -0.2) is 40.7 Å². The van der Waals surface area contributed by atoms with Gasteiger partial charge in [0.25, 0.3) is 0 Å². The van der Waals surface area contributed by atoms with E-state index in [9.17, 15) is 0 Å². The summed E-state index contributed by atoms with van der Waals surface area (Å²) in [7, 11) is 0. The molecule has 0 bridgehead atoms. The molecule has 40 heavy (non-hydrogen) atoms. The van der Waals surface area contributed by atoms with Crippen molar-refractivity contribution in [3.8, 4) is 34.2 Å². The molecular weight excluding hydrogens is 518 g/mol. The van der Waals surface area contributed by atoms with Crippen molar-refractivity contribution >= 4 is 11.6 Å². The van der Waals surface area contributed by atoms with Gasteiger partial charge in [-0.05, 0) is 105 Å². The van der Waals surface area contributed by atoms with Gasteiger partial charge in [0.05, 0.1) is 12.3 Å². The number of imidazole rings is 1. The first-order chi connectivity index (χ1) is 19.5. The lowest BCUT2D eigenvalue weighted by molar-refractivity contribution is 0.249. The van der Waals surface area contributed by atoms with Gasteiger partial charge in [0, 0.05) is 35.4 Å². The van der Waals surface area contributed by atoms with Gasteiger partial charge in [-0.2, -0.15) is 0 Å². The molecule has 0 atom stereocenters. The Morgan fingerprint density at radius 3 is 2.20 bits per heavy atom. The van der Waals surface area contributed by atoms with E-state index in [1.165, 1.54) is 0 Å². The first-order valence-corrected chi connectivity index (χ1v) is 15.0. The molecule has 0 amide bonds. The predicted octanol–water partition coefficient (Wildman–Crippen LogP) is 9.00. The quantitative estimate of drug-likeness (QED) is 0.136. The van der Waals surface area contributed by atoms with E-state index in [0.29, 0.717) is 0 Å². The Labute approximate surface area is 244 Å².